The molecule has 1 fully saturated rings. The van der Waals surface area contributed by atoms with Crippen LogP contribution in [-0.4, -0.2) is 63.2 Å². The van der Waals surface area contributed by atoms with E-state index in [1.54, 1.807) is 0 Å². The number of nitrogens with one attached hydrogen (secondary N) is 1. The summed E-state index contributed by atoms with van der Waals surface area (Å²) in [6.07, 6.45) is 4.01. The van der Waals surface area contributed by atoms with Crippen molar-refractivity contribution in [2.45, 2.75) is 33.1 Å². The Balaban J connectivity index is 1.99. The van der Waals surface area contributed by atoms with Gasteiger partial charge in [-0.2, -0.15) is 0 Å². The Morgan fingerprint density at radius 3 is 2.65 bits per heavy atom. The second-order valence-electron chi connectivity index (χ2n) is 6.45. The summed E-state index contributed by atoms with van der Waals surface area (Å²) in [5, 5.41) is 3.55. The molecule has 17 heavy (non-hydrogen) atoms. The highest BCUT2D eigenvalue weighted by Gasteiger charge is 2.25. The van der Waals surface area contributed by atoms with Crippen LogP contribution in [0.5, 0.6) is 0 Å². The Bertz CT molecular complexity index is 202. The van der Waals surface area contributed by atoms with Crippen molar-refractivity contribution in [3.63, 3.8) is 0 Å². The smallest absolute Gasteiger partial charge is 0.0107 e. The van der Waals surface area contributed by atoms with Crippen molar-refractivity contribution >= 4 is 0 Å². The lowest BCUT2D eigenvalue weighted by molar-refractivity contribution is 0.118. The van der Waals surface area contributed by atoms with E-state index in [-0.39, 0.29) is 0 Å². The summed E-state index contributed by atoms with van der Waals surface area (Å²) in [6.45, 7) is 12.0. The predicted molar refractivity (Wildman–Crippen MR) is 75.5 cm³/mol. The third kappa shape index (κ3) is 7.02. The lowest BCUT2D eigenvalue weighted by Crippen LogP contribution is -2.43. The van der Waals surface area contributed by atoms with Crippen molar-refractivity contribution in [2.24, 2.45) is 5.41 Å². The summed E-state index contributed by atoms with van der Waals surface area (Å²) in [6, 6.07) is 0. The molecule has 0 amide bonds. The zero-order valence-electron chi connectivity index (χ0n) is 12.3. The van der Waals surface area contributed by atoms with Gasteiger partial charge in [0.05, 0.1) is 0 Å². The number of hydrogen-bond acceptors (Lipinski definition) is 3. The van der Waals surface area contributed by atoms with E-state index in [0.717, 1.165) is 13.1 Å². The molecule has 3 nitrogen and oxygen atoms in total. The fourth-order valence-corrected chi connectivity index (χ4v) is 2.62. The van der Waals surface area contributed by atoms with Gasteiger partial charge in [0.1, 0.15) is 0 Å². The Labute approximate surface area is 108 Å². The largest absolute Gasteiger partial charge is 0.315 e. The molecular formula is C14H31N3. The van der Waals surface area contributed by atoms with Crippen molar-refractivity contribution in [3.05, 3.63) is 0 Å². The third-order valence-electron chi connectivity index (χ3n) is 3.54. The molecule has 0 spiro atoms. The molecule has 0 bridgehead atoms. The van der Waals surface area contributed by atoms with E-state index in [1.807, 2.05) is 0 Å². The van der Waals surface area contributed by atoms with Crippen LogP contribution in [0.3, 0.4) is 0 Å². The minimum atomic E-state index is 0.531. The van der Waals surface area contributed by atoms with Crippen LogP contribution in [0.15, 0.2) is 0 Å². The van der Waals surface area contributed by atoms with Gasteiger partial charge in [0.15, 0.2) is 0 Å². The molecule has 1 aliphatic rings. The SMILES string of the molecule is CN(C)CCCNCCN1CCCC(C)(C)C1. The number of hydrogen-bond donors (Lipinski definition) is 1. The molecule has 1 saturated heterocycles. The summed E-state index contributed by atoms with van der Waals surface area (Å²) in [5.41, 5.74) is 0.531. The van der Waals surface area contributed by atoms with Crippen LogP contribution < -0.4 is 5.32 Å². The highest BCUT2D eigenvalue weighted by Crippen LogP contribution is 2.27. The molecule has 1 N–H and O–H groups in total. The first-order valence-electron chi connectivity index (χ1n) is 7.07. The highest BCUT2D eigenvalue weighted by atomic mass is 15.1. The molecule has 0 aromatic heterocycles. The van der Waals surface area contributed by atoms with E-state index in [0.29, 0.717) is 5.41 Å². The van der Waals surface area contributed by atoms with E-state index >= 15 is 0 Å². The van der Waals surface area contributed by atoms with Crippen LogP contribution in [0, 0.1) is 5.41 Å². The van der Waals surface area contributed by atoms with Gasteiger partial charge in [-0.25, -0.2) is 0 Å². The van der Waals surface area contributed by atoms with E-state index in [2.05, 4.69) is 43.1 Å². The van der Waals surface area contributed by atoms with E-state index in [9.17, 15) is 0 Å². The van der Waals surface area contributed by atoms with Crippen LogP contribution >= 0.6 is 0 Å². The molecule has 0 aliphatic carbocycles. The van der Waals surface area contributed by atoms with Crippen LogP contribution in [-0.2, 0) is 0 Å². The van der Waals surface area contributed by atoms with Gasteiger partial charge in [0.25, 0.3) is 0 Å². The summed E-state index contributed by atoms with van der Waals surface area (Å²) in [4.78, 5) is 4.86. The Kier molecular flexibility index (Phi) is 6.45. The predicted octanol–water partition coefficient (Wildman–Crippen LogP) is 1.65. The van der Waals surface area contributed by atoms with Gasteiger partial charge in [-0.1, -0.05) is 13.8 Å². The lowest BCUT2D eigenvalue weighted by atomic mass is 9.84. The number of nitrogens with zero attached hydrogens (tertiary/aromatic N) is 2. The normalized spacial score (nSPS) is 21.0. The van der Waals surface area contributed by atoms with Crippen LogP contribution in [0.25, 0.3) is 0 Å². The second kappa shape index (κ2) is 7.34. The topological polar surface area (TPSA) is 18.5 Å². The Morgan fingerprint density at radius 1 is 1.24 bits per heavy atom. The summed E-state index contributed by atoms with van der Waals surface area (Å²) < 4.78 is 0. The fraction of sp³-hybridized carbons (Fsp3) is 1.00. The van der Waals surface area contributed by atoms with Crippen molar-refractivity contribution in [1.82, 2.24) is 15.1 Å². The minimum Gasteiger partial charge on any atom is -0.315 e. The first-order chi connectivity index (χ1) is 7.99. The Hall–Kier alpha value is -0.120. The van der Waals surface area contributed by atoms with Crippen LogP contribution in [0.2, 0.25) is 0 Å². The number of rotatable bonds is 7. The molecule has 1 heterocycles. The zero-order chi connectivity index (χ0) is 12.7. The maximum absolute atomic E-state index is 3.55. The molecule has 3 heteroatoms. The van der Waals surface area contributed by atoms with Crippen molar-refractivity contribution < 1.29 is 0 Å². The molecule has 0 saturated carbocycles. The van der Waals surface area contributed by atoms with E-state index < -0.39 is 0 Å². The van der Waals surface area contributed by atoms with Gasteiger partial charge in [-0.05, 0) is 58.4 Å². The molecular weight excluding hydrogens is 210 g/mol. The van der Waals surface area contributed by atoms with Gasteiger partial charge in [0.2, 0.25) is 0 Å². The molecule has 1 rings (SSSR count). The summed E-state index contributed by atoms with van der Waals surface area (Å²) in [5.74, 6) is 0. The van der Waals surface area contributed by atoms with Crippen LogP contribution in [0.1, 0.15) is 33.1 Å². The lowest BCUT2D eigenvalue weighted by Gasteiger charge is -2.38. The van der Waals surface area contributed by atoms with Gasteiger partial charge in [-0.15, -0.1) is 0 Å². The van der Waals surface area contributed by atoms with Gasteiger partial charge < -0.3 is 15.1 Å². The number of likely N-dealkylation sites (tertiary alicyclic amines) is 1. The molecule has 0 unspecified atom stereocenters. The number of piperidine rings is 1. The Morgan fingerprint density at radius 2 is 2.00 bits per heavy atom. The van der Waals surface area contributed by atoms with Gasteiger partial charge in [-0.3, -0.25) is 0 Å². The molecule has 0 radical (unpaired) electrons. The van der Waals surface area contributed by atoms with Crippen molar-refractivity contribution in [1.29, 1.82) is 0 Å². The monoisotopic (exact) mass is 241 g/mol. The van der Waals surface area contributed by atoms with Crippen molar-refractivity contribution in [3.8, 4) is 0 Å². The van der Waals surface area contributed by atoms with E-state index in [1.165, 1.54) is 45.4 Å². The first kappa shape index (κ1) is 14.9. The standard InChI is InChI=1S/C14H31N3/c1-14(2)7-5-11-17(13-14)12-9-15-8-6-10-16(3)4/h15H,5-13H2,1-4H3. The summed E-state index contributed by atoms with van der Waals surface area (Å²) >= 11 is 0. The third-order valence-corrected chi connectivity index (χ3v) is 3.54. The average Bonchev–Trinajstić information content (AvgIpc) is 2.21. The zero-order valence-corrected chi connectivity index (χ0v) is 12.3. The van der Waals surface area contributed by atoms with Crippen molar-refractivity contribution in [2.75, 3.05) is 53.4 Å². The fourth-order valence-electron chi connectivity index (χ4n) is 2.62. The quantitative estimate of drug-likeness (QED) is 0.684. The maximum atomic E-state index is 3.55. The van der Waals surface area contributed by atoms with Crippen LogP contribution in [0.4, 0.5) is 0 Å². The molecule has 0 aromatic rings. The molecule has 0 aromatic carbocycles. The minimum absolute atomic E-state index is 0.531. The maximum Gasteiger partial charge on any atom is 0.0107 e. The molecule has 102 valence electrons. The van der Waals surface area contributed by atoms with Gasteiger partial charge >= 0.3 is 0 Å². The molecule has 0 atom stereocenters. The van der Waals surface area contributed by atoms with E-state index in [4.69, 9.17) is 0 Å². The van der Waals surface area contributed by atoms with Gasteiger partial charge in [0, 0.05) is 19.6 Å². The molecule has 1 aliphatic heterocycles. The highest BCUT2D eigenvalue weighted by molar-refractivity contribution is 4.79. The summed E-state index contributed by atoms with van der Waals surface area (Å²) in [7, 11) is 4.27. The average molecular weight is 241 g/mol. The first-order valence-corrected chi connectivity index (χ1v) is 7.07. The second-order valence-corrected chi connectivity index (χ2v) is 6.45.